The summed E-state index contributed by atoms with van der Waals surface area (Å²) in [6.45, 7) is 0. The summed E-state index contributed by atoms with van der Waals surface area (Å²) in [7, 11) is 4.75. The topological polar surface area (TPSA) is 32.3 Å². The van der Waals surface area contributed by atoms with E-state index >= 15 is 0 Å². The van der Waals surface area contributed by atoms with E-state index in [2.05, 4.69) is 5.32 Å². The summed E-state index contributed by atoms with van der Waals surface area (Å²) >= 11 is 0. The quantitative estimate of drug-likeness (QED) is 0.507. The van der Waals surface area contributed by atoms with Crippen LogP contribution in [0.4, 0.5) is 0 Å². The Bertz CT molecular complexity index is 14.9. The standard InChI is InChI=1S/C2H7N.CH4O.ClH.Zn/c1-3-2;1-2;;/h3H,1-2H3;2H,1H3;1H;. The number of halogens is 1. The third-order valence-corrected chi connectivity index (χ3v) is 0. The second kappa shape index (κ2) is 69.2. The summed E-state index contributed by atoms with van der Waals surface area (Å²) in [6, 6.07) is 0. The van der Waals surface area contributed by atoms with E-state index in [4.69, 9.17) is 5.11 Å². The third-order valence-electron chi connectivity index (χ3n) is 0. The van der Waals surface area contributed by atoms with Crippen molar-refractivity contribution in [1.29, 1.82) is 0 Å². The SMILES string of the molecule is CNC.CO.Cl.[Zn]. The molecule has 0 bridgehead atoms. The van der Waals surface area contributed by atoms with Crippen molar-refractivity contribution in [1.82, 2.24) is 5.32 Å². The van der Waals surface area contributed by atoms with Gasteiger partial charge in [-0.1, -0.05) is 0 Å². The number of rotatable bonds is 0. The van der Waals surface area contributed by atoms with Crippen LogP contribution in [0.25, 0.3) is 0 Å². The Labute approximate surface area is 63.9 Å². The van der Waals surface area contributed by atoms with Gasteiger partial charge >= 0.3 is 0 Å². The fourth-order valence-corrected chi connectivity index (χ4v) is 0. The third kappa shape index (κ3) is 230. The van der Waals surface area contributed by atoms with E-state index in [0.717, 1.165) is 7.11 Å². The predicted octanol–water partition coefficient (Wildman–Crippen LogP) is -0.137. The first kappa shape index (κ1) is 24.9. The first-order valence-corrected chi connectivity index (χ1v) is 1.45. The maximum Gasteiger partial charge on any atom is 0.0319 e. The molecule has 0 aromatic carbocycles. The average Bonchev–Trinajstić information content (AvgIpc) is 1.46. The molecule has 2 N–H and O–H groups in total. The molecule has 0 unspecified atom stereocenters. The molecule has 0 aliphatic rings. The number of hydrogen-bond donors (Lipinski definition) is 2. The Morgan fingerprint density at radius 1 is 1.14 bits per heavy atom. The molecule has 0 aliphatic heterocycles. The van der Waals surface area contributed by atoms with Crippen LogP contribution in [0.3, 0.4) is 0 Å². The zero-order valence-corrected chi connectivity index (χ0v) is 8.85. The summed E-state index contributed by atoms with van der Waals surface area (Å²) in [5, 5.41) is 9.75. The Hall–Kier alpha value is 0.833. The largest absolute Gasteiger partial charge is 0.400 e. The van der Waals surface area contributed by atoms with E-state index < -0.39 is 0 Å². The molecule has 0 fully saturated rings. The average molecular weight is 179 g/mol. The molecule has 7 heavy (non-hydrogen) atoms. The van der Waals surface area contributed by atoms with Crippen molar-refractivity contribution in [3.05, 3.63) is 0 Å². The van der Waals surface area contributed by atoms with Crippen molar-refractivity contribution >= 4 is 12.4 Å². The molecule has 0 spiro atoms. The van der Waals surface area contributed by atoms with Gasteiger partial charge in [-0.15, -0.1) is 12.4 Å². The van der Waals surface area contributed by atoms with E-state index in [1.807, 2.05) is 14.1 Å². The molecule has 0 aromatic heterocycles. The van der Waals surface area contributed by atoms with Gasteiger partial charge in [0.15, 0.2) is 0 Å². The van der Waals surface area contributed by atoms with Crippen LogP contribution in [0.5, 0.6) is 0 Å². The predicted molar refractivity (Wildman–Crippen MR) is 30.4 cm³/mol. The molecule has 0 amide bonds. The molecular formula is C3H12ClNOZn. The molecule has 0 saturated heterocycles. The van der Waals surface area contributed by atoms with Gasteiger partial charge in [-0.25, -0.2) is 0 Å². The van der Waals surface area contributed by atoms with Crippen LogP contribution < -0.4 is 5.32 Å². The molecule has 0 aromatic rings. The number of aliphatic hydroxyl groups excluding tert-OH is 1. The van der Waals surface area contributed by atoms with Gasteiger partial charge in [0, 0.05) is 26.6 Å². The summed E-state index contributed by atoms with van der Waals surface area (Å²) in [5.41, 5.74) is 0. The zero-order valence-electron chi connectivity index (χ0n) is 5.06. The van der Waals surface area contributed by atoms with Gasteiger partial charge in [0.1, 0.15) is 0 Å². The molecule has 2 nitrogen and oxygen atoms in total. The van der Waals surface area contributed by atoms with E-state index in [1.54, 1.807) is 0 Å². The Morgan fingerprint density at radius 3 is 1.14 bits per heavy atom. The minimum Gasteiger partial charge on any atom is -0.400 e. The normalized spacial score (nSPS) is 3.43. The maximum absolute atomic E-state index is 7.00. The van der Waals surface area contributed by atoms with Crippen LogP contribution >= 0.6 is 12.4 Å². The molecule has 0 rings (SSSR count). The van der Waals surface area contributed by atoms with Crippen LogP contribution in [0, 0.1) is 0 Å². The van der Waals surface area contributed by atoms with Crippen molar-refractivity contribution < 1.29 is 24.6 Å². The second-order valence-electron chi connectivity index (χ2n) is 0.500. The van der Waals surface area contributed by atoms with Crippen molar-refractivity contribution in [2.75, 3.05) is 21.2 Å². The fraction of sp³-hybridized carbons (Fsp3) is 1.00. The van der Waals surface area contributed by atoms with E-state index in [1.165, 1.54) is 0 Å². The van der Waals surface area contributed by atoms with E-state index in [0.29, 0.717) is 0 Å². The van der Waals surface area contributed by atoms with Gasteiger partial charge in [0.25, 0.3) is 0 Å². The zero-order chi connectivity index (χ0) is 4.71. The number of aliphatic hydroxyl groups is 1. The first-order valence-electron chi connectivity index (χ1n) is 1.45. The summed E-state index contributed by atoms with van der Waals surface area (Å²) in [4.78, 5) is 0. The Balaban J connectivity index is -0.0000000105. The Kier molecular flexibility index (Phi) is 246. The van der Waals surface area contributed by atoms with Crippen LogP contribution in [0.15, 0.2) is 0 Å². The van der Waals surface area contributed by atoms with Gasteiger partial charge in [0.05, 0.1) is 0 Å². The molecule has 4 heteroatoms. The monoisotopic (exact) mass is 177 g/mol. The van der Waals surface area contributed by atoms with Crippen molar-refractivity contribution in [3.8, 4) is 0 Å². The van der Waals surface area contributed by atoms with Crippen molar-refractivity contribution in [3.63, 3.8) is 0 Å². The van der Waals surface area contributed by atoms with E-state index in [-0.39, 0.29) is 31.9 Å². The summed E-state index contributed by atoms with van der Waals surface area (Å²) in [5.74, 6) is 0. The number of hydrogen-bond acceptors (Lipinski definition) is 2. The summed E-state index contributed by atoms with van der Waals surface area (Å²) in [6.07, 6.45) is 0. The maximum atomic E-state index is 7.00. The van der Waals surface area contributed by atoms with Crippen molar-refractivity contribution in [2.24, 2.45) is 0 Å². The van der Waals surface area contributed by atoms with Crippen LogP contribution in [-0.4, -0.2) is 26.3 Å². The van der Waals surface area contributed by atoms with Crippen LogP contribution in [0.2, 0.25) is 0 Å². The molecule has 0 aliphatic carbocycles. The van der Waals surface area contributed by atoms with Gasteiger partial charge in [0.2, 0.25) is 0 Å². The van der Waals surface area contributed by atoms with Crippen LogP contribution in [-0.2, 0) is 19.5 Å². The molecule has 44 valence electrons. The molecule has 0 radical (unpaired) electrons. The molecular weight excluding hydrogens is 167 g/mol. The van der Waals surface area contributed by atoms with Gasteiger partial charge in [-0.05, 0) is 14.1 Å². The molecule has 0 heterocycles. The van der Waals surface area contributed by atoms with Gasteiger partial charge < -0.3 is 10.4 Å². The van der Waals surface area contributed by atoms with E-state index in [9.17, 15) is 0 Å². The smallest absolute Gasteiger partial charge is 0.0319 e. The minimum absolute atomic E-state index is 0. The number of nitrogens with one attached hydrogen (secondary N) is 1. The summed E-state index contributed by atoms with van der Waals surface area (Å²) < 4.78 is 0. The first-order chi connectivity index (χ1) is 2.41. The minimum atomic E-state index is 0. The van der Waals surface area contributed by atoms with Gasteiger partial charge in [-0.2, -0.15) is 0 Å². The fourth-order valence-electron chi connectivity index (χ4n) is 0. The second-order valence-corrected chi connectivity index (χ2v) is 0.500. The van der Waals surface area contributed by atoms with Crippen LogP contribution in [0.1, 0.15) is 0 Å². The molecule has 0 saturated carbocycles. The van der Waals surface area contributed by atoms with Crippen molar-refractivity contribution in [2.45, 2.75) is 0 Å². The Morgan fingerprint density at radius 2 is 1.14 bits per heavy atom. The van der Waals surface area contributed by atoms with Gasteiger partial charge in [-0.3, -0.25) is 0 Å². The molecule has 0 atom stereocenters.